The molecule has 4 aromatic rings. The molecular weight excluding hydrogens is 973 g/mol. The quantitative estimate of drug-likeness (QED) is 0.0266. The van der Waals surface area contributed by atoms with Crippen molar-refractivity contribution >= 4 is 23.9 Å². The first-order chi connectivity index (χ1) is 35.3. The summed E-state index contributed by atoms with van der Waals surface area (Å²) in [5.41, 5.74) is 4.37. The van der Waals surface area contributed by atoms with Crippen molar-refractivity contribution in [3.63, 3.8) is 0 Å². The molecule has 0 fully saturated rings. The fourth-order valence-electron chi connectivity index (χ4n) is 12.4. The summed E-state index contributed by atoms with van der Waals surface area (Å²) in [5.74, 6) is -9.14. The summed E-state index contributed by atoms with van der Waals surface area (Å²) >= 11 is 0. The average molecular weight is 1070 g/mol. The van der Waals surface area contributed by atoms with E-state index in [-0.39, 0.29) is 100 Å². The third-order valence-electron chi connectivity index (χ3n) is 17.3. The van der Waals surface area contributed by atoms with Crippen molar-refractivity contribution in [2.45, 2.75) is 209 Å². The fourth-order valence-corrected chi connectivity index (χ4v) is 12.4. The molecule has 0 saturated heterocycles. The van der Waals surface area contributed by atoms with Crippen molar-refractivity contribution in [1.29, 1.82) is 0 Å². The molecule has 0 aromatic heterocycles. The van der Waals surface area contributed by atoms with Gasteiger partial charge in [-0.2, -0.15) is 0 Å². The number of hydrogen-bond acceptors (Lipinski definition) is 8. The minimum absolute atomic E-state index is 0.0424. The van der Waals surface area contributed by atoms with Crippen molar-refractivity contribution in [2.75, 3.05) is 0 Å². The molecule has 77 heavy (non-hydrogen) atoms. The molecule has 4 unspecified atom stereocenters. The van der Waals surface area contributed by atoms with E-state index in [0.29, 0.717) is 44.5 Å². The van der Waals surface area contributed by atoms with Gasteiger partial charge in [-0.3, -0.25) is 19.2 Å². The molecule has 0 radical (unpaired) electrons. The molecule has 0 bridgehead atoms. The summed E-state index contributed by atoms with van der Waals surface area (Å²) in [5, 5.41) is 90.6. The summed E-state index contributed by atoms with van der Waals surface area (Å²) < 4.78 is 0. The Balaban J connectivity index is 1.97. The Labute approximate surface area is 459 Å². The van der Waals surface area contributed by atoms with E-state index in [1.165, 1.54) is 0 Å². The molecule has 4 atom stereocenters. The molecule has 12 nitrogen and oxygen atoms in total. The van der Waals surface area contributed by atoms with Gasteiger partial charge in [-0.1, -0.05) is 126 Å². The molecule has 12 heteroatoms. The first kappa shape index (κ1) is 63.5. The molecule has 0 aliphatic heterocycles. The van der Waals surface area contributed by atoms with E-state index in [9.17, 15) is 60.0 Å². The molecule has 4 rings (SSSR count). The minimum Gasteiger partial charge on any atom is -0.507 e. The van der Waals surface area contributed by atoms with Gasteiger partial charge in [-0.15, -0.1) is 0 Å². The molecule has 8 N–H and O–H groups in total. The number of aryl methyl sites for hydroxylation is 8. The second kappa shape index (κ2) is 24.7. The molecule has 0 amide bonds. The summed E-state index contributed by atoms with van der Waals surface area (Å²) in [6.07, 6.45) is 0.268. The van der Waals surface area contributed by atoms with Gasteiger partial charge in [0.15, 0.2) is 0 Å². The van der Waals surface area contributed by atoms with E-state index in [2.05, 4.69) is 0 Å². The average Bonchev–Trinajstić information content (AvgIpc) is 3.30. The zero-order valence-corrected chi connectivity index (χ0v) is 49.1. The lowest BCUT2D eigenvalue weighted by Gasteiger charge is -2.43. The third-order valence-corrected chi connectivity index (χ3v) is 17.3. The van der Waals surface area contributed by atoms with Crippen molar-refractivity contribution in [3.05, 3.63) is 115 Å². The van der Waals surface area contributed by atoms with Gasteiger partial charge in [0.2, 0.25) is 0 Å². The fraction of sp³-hybridized carbons (Fsp3) is 0.569. The second-order valence-electron chi connectivity index (χ2n) is 26.1. The highest BCUT2D eigenvalue weighted by molar-refractivity contribution is 5.73. The number of carboxylic acid groups (broad SMARTS) is 4. The van der Waals surface area contributed by atoms with Gasteiger partial charge in [0, 0.05) is 22.3 Å². The molecule has 0 spiro atoms. The highest BCUT2D eigenvalue weighted by atomic mass is 16.4. The zero-order chi connectivity index (χ0) is 58.5. The SMILES string of the molecule is Cc1cc(C)c(O)c(C(C)(C)CCC(CC(CC(CCC(C)(C)c2cc(C)cc(C)c2O)C(=O)O)(CC(CCC(C)(C)c2cc(C)cc(C)c2O)C(=O)O)CC(CCC(C)(C)c2cc(C)cc(C)c2O)C(=O)O)C(=O)O)c1. The Morgan fingerprint density at radius 3 is 0.662 bits per heavy atom. The monoisotopic (exact) mass is 1060 g/mol. The van der Waals surface area contributed by atoms with Crippen molar-refractivity contribution in [3.8, 4) is 23.0 Å². The molecule has 0 aliphatic rings. The summed E-state index contributed by atoms with van der Waals surface area (Å²) in [7, 11) is 0. The van der Waals surface area contributed by atoms with E-state index >= 15 is 0 Å². The molecule has 0 saturated carbocycles. The van der Waals surface area contributed by atoms with Crippen LogP contribution in [0.4, 0.5) is 0 Å². The number of benzene rings is 4. The maximum Gasteiger partial charge on any atom is 0.306 e. The molecule has 0 aliphatic carbocycles. The summed E-state index contributed by atoms with van der Waals surface area (Å²) in [4.78, 5) is 55.6. The van der Waals surface area contributed by atoms with E-state index < -0.39 is 74.6 Å². The van der Waals surface area contributed by atoms with Gasteiger partial charge in [-0.25, -0.2) is 0 Å². The molecular formula is C65H92O12. The van der Waals surface area contributed by atoms with Crippen molar-refractivity contribution in [2.24, 2.45) is 29.1 Å². The topological polar surface area (TPSA) is 230 Å². The standard InChI is InChI=1S/C65H92O12/c1-37-25-41(5)53(66)49(29-37)61(9,10)21-17-45(57(70)71)33-65(34-46(58(72)73)18-22-62(11,12)50-30-38(2)26-42(6)54(50)67,35-47(59(74)75)19-23-63(13,14)51-31-39(3)27-43(7)55(51)68)36-48(60(76)77)20-24-64(15,16)52-32-40(4)28-44(8)56(52)69/h25-32,45-48,66-69H,17-24,33-36H2,1-16H3,(H,70,71)(H,72,73)(H,74,75)(H,76,77). The van der Waals surface area contributed by atoms with Crippen LogP contribution in [0.3, 0.4) is 0 Å². The van der Waals surface area contributed by atoms with Crippen molar-refractivity contribution < 1.29 is 60.0 Å². The number of aliphatic carboxylic acids is 4. The number of phenols is 4. The van der Waals surface area contributed by atoms with Crippen LogP contribution in [0.5, 0.6) is 23.0 Å². The maximum absolute atomic E-state index is 13.9. The van der Waals surface area contributed by atoms with Crippen LogP contribution in [0.2, 0.25) is 0 Å². The van der Waals surface area contributed by atoms with Crippen LogP contribution in [-0.2, 0) is 40.8 Å². The van der Waals surface area contributed by atoms with Crippen LogP contribution in [0.1, 0.15) is 199 Å². The number of carbonyl (C=O) groups is 4. The smallest absolute Gasteiger partial charge is 0.306 e. The first-order valence-electron chi connectivity index (χ1n) is 27.5. The highest BCUT2D eigenvalue weighted by Crippen LogP contribution is 2.52. The molecule has 4 aromatic carbocycles. The minimum atomic E-state index is -1.52. The van der Waals surface area contributed by atoms with Gasteiger partial charge < -0.3 is 40.9 Å². The Bertz CT molecular complexity index is 2410. The lowest BCUT2D eigenvalue weighted by atomic mass is 9.61. The summed E-state index contributed by atoms with van der Waals surface area (Å²) in [6, 6.07) is 15.0. The third kappa shape index (κ3) is 16.0. The highest BCUT2D eigenvalue weighted by Gasteiger charge is 2.46. The van der Waals surface area contributed by atoms with Gasteiger partial charge in [0.25, 0.3) is 0 Å². The van der Waals surface area contributed by atoms with Gasteiger partial charge >= 0.3 is 23.9 Å². The van der Waals surface area contributed by atoms with Gasteiger partial charge in [0.05, 0.1) is 23.7 Å². The Morgan fingerprint density at radius 1 is 0.338 bits per heavy atom. The van der Waals surface area contributed by atoms with Crippen LogP contribution in [0.25, 0.3) is 0 Å². The summed E-state index contributed by atoms with van der Waals surface area (Å²) in [6.45, 7) is 30.3. The number of hydrogen-bond donors (Lipinski definition) is 8. The lowest BCUT2D eigenvalue weighted by Crippen LogP contribution is -2.39. The normalized spacial score (nSPS) is 14.9. The number of phenolic OH excluding ortho intramolecular Hbond substituents is 4. The predicted octanol–water partition coefficient (Wildman–Crippen LogP) is 14.7. The van der Waals surface area contributed by atoms with Gasteiger partial charge in [0.1, 0.15) is 23.0 Å². The predicted molar refractivity (Wildman–Crippen MR) is 305 cm³/mol. The van der Waals surface area contributed by atoms with Crippen LogP contribution in [0.15, 0.2) is 48.5 Å². The van der Waals surface area contributed by atoms with E-state index in [1.54, 1.807) is 27.7 Å². The second-order valence-corrected chi connectivity index (χ2v) is 26.1. The van der Waals surface area contributed by atoms with Crippen LogP contribution >= 0.6 is 0 Å². The molecule has 424 valence electrons. The zero-order valence-electron chi connectivity index (χ0n) is 49.1. The number of rotatable bonds is 28. The molecule has 0 heterocycles. The maximum atomic E-state index is 13.9. The van der Waals surface area contributed by atoms with Crippen LogP contribution in [-0.4, -0.2) is 64.7 Å². The Morgan fingerprint density at radius 2 is 0.506 bits per heavy atom. The van der Waals surface area contributed by atoms with Crippen LogP contribution < -0.4 is 0 Å². The van der Waals surface area contributed by atoms with E-state index in [0.717, 1.165) is 22.3 Å². The first-order valence-corrected chi connectivity index (χ1v) is 27.5. The van der Waals surface area contributed by atoms with E-state index in [1.807, 2.05) is 132 Å². The Hall–Kier alpha value is -6.04. The van der Waals surface area contributed by atoms with Crippen LogP contribution in [0, 0.1) is 84.5 Å². The van der Waals surface area contributed by atoms with Crippen molar-refractivity contribution in [1.82, 2.24) is 0 Å². The van der Waals surface area contributed by atoms with Gasteiger partial charge in [-0.05, 0) is 182 Å². The Kier molecular flexibility index (Phi) is 20.4. The lowest BCUT2D eigenvalue weighted by molar-refractivity contribution is -0.148. The van der Waals surface area contributed by atoms with E-state index in [4.69, 9.17) is 0 Å². The number of carboxylic acids is 4. The number of aromatic hydroxyl groups is 4. The largest absolute Gasteiger partial charge is 0.507 e.